The molecule has 22 unspecified atom stereocenters. The van der Waals surface area contributed by atoms with Crippen molar-refractivity contribution >= 4 is 64.4 Å². The van der Waals surface area contributed by atoms with Gasteiger partial charge in [0, 0.05) is 0 Å². The van der Waals surface area contributed by atoms with Crippen molar-refractivity contribution in [3.63, 3.8) is 0 Å². The molecule has 12 aliphatic rings. The molecule has 108 heavy (non-hydrogen) atoms. The lowest BCUT2D eigenvalue weighted by Gasteiger charge is -2.18. The van der Waals surface area contributed by atoms with Crippen LogP contribution >= 0.6 is 0 Å². The summed E-state index contributed by atoms with van der Waals surface area (Å²) in [6.45, 7) is 26.4. The molecule has 6 aromatic rings. The Morgan fingerprint density at radius 2 is 0.407 bits per heavy atom. The summed E-state index contributed by atoms with van der Waals surface area (Å²) >= 11 is 0. The molecular formula is C92H105N3O13. The van der Waals surface area contributed by atoms with E-state index in [1.54, 1.807) is 0 Å². The number of fused-ring (bicyclic) bond motifs is 20. The number of benzene rings is 6. The summed E-state index contributed by atoms with van der Waals surface area (Å²) in [6.07, 6.45) is 20.2. The predicted molar refractivity (Wildman–Crippen MR) is 419 cm³/mol. The molecule has 12 heterocycles. The average Bonchev–Trinajstić information content (AvgIpc) is 1.57. The van der Waals surface area contributed by atoms with Gasteiger partial charge in [-0.1, -0.05) is 259 Å². The van der Waals surface area contributed by atoms with Crippen molar-refractivity contribution in [3.8, 4) is 0 Å². The van der Waals surface area contributed by atoms with E-state index in [0.717, 1.165) is 19.3 Å². The molecular weight excluding hydrogens is 1360 g/mol. The Kier molecular flexibility index (Phi) is 25.0. The Bertz CT molecular complexity index is 3800. The van der Waals surface area contributed by atoms with E-state index in [0.29, 0.717) is 52.6 Å². The van der Waals surface area contributed by atoms with Gasteiger partial charge in [0.1, 0.15) is 11.8 Å². The van der Waals surface area contributed by atoms with Gasteiger partial charge in [-0.25, -0.2) is 14.7 Å². The third-order valence-corrected chi connectivity index (χ3v) is 24.3. The monoisotopic (exact) mass is 1460 g/mol. The molecule has 0 saturated carbocycles. The third-order valence-electron chi connectivity index (χ3n) is 24.3. The van der Waals surface area contributed by atoms with Crippen molar-refractivity contribution in [2.75, 3.05) is 14.7 Å². The Morgan fingerprint density at radius 1 is 0.241 bits per heavy atom. The van der Waals surface area contributed by atoms with Crippen LogP contribution in [0.25, 0.3) is 0 Å². The standard InChI is InChI=1S/3C18H19NO3.3C10H14.C8H6O4/c3*1-3-10(2)11-4-6-12(7-5-11)19-17(20)15-13-8-9-14(22-13)16(15)18(19)21;3*1-3-9(2)10-7-5-4-6-8-10;9-7-5-3-1-2-4(11-3)6(5)8(10)12-7/h3*4-10,13-16H,3H2,1-2H3;3*4-9H,3H2,1-2H3;1-6H. The normalized spacial score (nSPS) is 29.5. The van der Waals surface area contributed by atoms with E-state index in [9.17, 15) is 38.4 Å². The van der Waals surface area contributed by atoms with E-state index in [1.807, 2.05) is 121 Å². The molecule has 6 amide bonds. The fraction of sp³-hybridized carbons (Fsp3) is 0.435. The minimum Gasteiger partial charge on any atom is -0.393 e. The number of rotatable bonds is 15. The first kappa shape index (κ1) is 78.3. The van der Waals surface area contributed by atoms with Gasteiger partial charge < -0.3 is 23.7 Å². The number of carbonyl (C=O) groups is 8. The molecule has 16 nitrogen and oxygen atoms in total. The van der Waals surface area contributed by atoms with Crippen LogP contribution in [-0.4, -0.2) is 96.2 Å². The number of esters is 2. The SMILES string of the molecule is CCC(C)c1ccc(N2C(=O)C3C4C=CC(O4)C3C2=O)cc1.CCC(C)c1ccc(N2C(=O)C3C4C=CC(O4)C3C2=O)cc1.CCC(C)c1ccc(N2C(=O)C3C4C=CC(O4)C3C2=O)cc1.CCC(C)c1ccccc1.CCC(C)c1ccccc1.CCC(C)c1ccccc1.O=C1OC(=O)C2C3C=CC(O3)C12. The van der Waals surface area contributed by atoms with Crippen LogP contribution in [0.1, 0.15) is 190 Å². The van der Waals surface area contributed by atoms with Crippen molar-refractivity contribution in [1.82, 2.24) is 0 Å². The van der Waals surface area contributed by atoms with E-state index in [1.165, 1.54) is 67.3 Å². The summed E-state index contributed by atoms with van der Waals surface area (Å²) in [4.78, 5) is 102. The number of carbonyl (C=O) groups excluding carboxylic acids is 8. The zero-order chi connectivity index (χ0) is 76.8. The van der Waals surface area contributed by atoms with E-state index >= 15 is 0 Å². The van der Waals surface area contributed by atoms with E-state index in [2.05, 4.69) is 179 Å². The largest absolute Gasteiger partial charge is 0.393 e. The van der Waals surface area contributed by atoms with Gasteiger partial charge in [0.15, 0.2) is 0 Å². The average molecular weight is 1460 g/mol. The van der Waals surface area contributed by atoms with Crippen molar-refractivity contribution in [3.05, 3.63) is 246 Å². The Labute approximate surface area is 636 Å². The number of cyclic esters (lactones) is 2. The minimum atomic E-state index is -0.429. The maximum absolute atomic E-state index is 12.7. The Morgan fingerprint density at radius 3 is 0.583 bits per heavy atom. The summed E-state index contributed by atoms with van der Waals surface area (Å²) in [6, 6.07) is 55.3. The molecule has 18 rings (SSSR count). The quantitative estimate of drug-likeness (QED) is 0.0408. The number of imide groups is 3. The highest BCUT2D eigenvalue weighted by atomic mass is 16.6. The van der Waals surface area contributed by atoms with E-state index < -0.39 is 11.9 Å². The number of hydrogen-bond acceptors (Lipinski definition) is 13. The highest BCUT2D eigenvalue weighted by molar-refractivity contribution is 6.24. The molecule has 0 aromatic heterocycles. The van der Waals surface area contributed by atoms with Gasteiger partial charge in [-0.3, -0.25) is 38.4 Å². The summed E-state index contributed by atoms with van der Waals surface area (Å²) in [7, 11) is 0. The molecule has 566 valence electrons. The lowest BCUT2D eigenvalue weighted by molar-refractivity contribution is -0.156. The second-order valence-electron chi connectivity index (χ2n) is 30.6. The van der Waals surface area contributed by atoms with Crippen LogP contribution in [0.5, 0.6) is 0 Å². The maximum atomic E-state index is 12.7. The topological polar surface area (TPSA) is 192 Å². The van der Waals surface area contributed by atoms with Crippen molar-refractivity contribution < 1.29 is 62.0 Å². The maximum Gasteiger partial charge on any atom is 0.320 e. The molecule has 8 saturated heterocycles. The van der Waals surface area contributed by atoms with Crippen LogP contribution in [0.2, 0.25) is 0 Å². The lowest BCUT2D eigenvalue weighted by atomic mass is 9.85. The summed E-state index contributed by atoms with van der Waals surface area (Å²) in [5, 5.41) is 0. The molecule has 8 fully saturated rings. The van der Waals surface area contributed by atoms with Crippen LogP contribution in [0.15, 0.2) is 212 Å². The molecule has 0 radical (unpaired) electrons. The van der Waals surface area contributed by atoms with Crippen molar-refractivity contribution in [2.24, 2.45) is 47.3 Å². The smallest absolute Gasteiger partial charge is 0.320 e. The molecule has 8 bridgehead atoms. The van der Waals surface area contributed by atoms with Crippen molar-refractivity contribution in [1.29, 1.82) is 0 Å². The van der Waals surface area contributed by atoms with Gasteiger partial charge >= 0.3 is 11.9 Å². The first-order valence-corrected chi connectivity index (χ1v) is 39.3. The third kappa shape index (κ3) is 15.8. The van der Waals surface area contributed by atoms with Gasteiger partial charge in [0.05, 0.1) is 101 Å². The minimum absolute atomic E-state index is 0.122. The summed E-state index contributed by atoms with van der Waals surface area (Å²) in [5.74, 6) is -0.780. The van der Waals surface area contributed by atoms with Gasteiger partial charge in [-0.05, 0) is 144 Å². The van der Waals surface area contributed by atoms with Gasteiger partial charge in [-0.2, -0.15) is 0 Å². The zero-order valence-electron chi connectivity index (χ0n) is 64.3. The fourth-order valence-electron chi connectivity index (χ4n) is 16.4. The van der Waals surface area contributed by atoms with Crippen LogP contribution in [-0.2, 0) is 62.0 Å². The van der Waals surface area contributed by atoms with Gasteiger partial charge in [0.25, 0.3) is 0 Å². The lowest BCUT2D eigenvalue weighted by Crippen LogP contribution is -2.34. The summed E-state index contributed by atoms with van der Waals surface area (Å²) in [5.41, 5.74) is 10.1. The van der Waals surface area contributed by atoms with Crippen LogP contribution in [0.4, 0.5) is 17.1 Å². The van der Waals surface area contributed by atoms with Crippen LogP contribution < -0.4 is 14.7 Å². The van der Waals surface area contributed by atoms with E-state index in [-0.39, 0.29) is 132 Å². The van der Waals surface area contributed by atoms with Crippen LogP contribution in [0, 0.1) is 47.3 Å². The first-order valence-electron chi connectivity index (χ1n) is 39.3. The second-order valence-corrected chi connectivity index (χ2v) is 30.6. The fourth-order valence-corrected chi connectivity index (χ4v) is 16.4. The highest BCUT2D eigenvalue weighted by Crippen LogP contribution is 2.50. The number of ether oxygens (including phenoxy) is 5. The second kappa shape index (κ2) is 34.5. The van der Waals surface area contributed by atoms with Gasteiger partial charge in [-0.15, -0.1) is 0 Å². The molecule has 0 N–H and O–H groups in total. The zero-order valence-corrected chi connectivity index (χ0v) is 64.3. The molecule has 16 heteroatoms. The molecule has 0 aliphatic carbocycles. The number of nitrogens with zero attached hydrogens (tertiary/aromatic N) is 3. The molecule has 12 aliphatic heterocycles. The van der Waals surface area contributed by atoms with Crippen molar-refractivity contribution in [2.45, 2.75) is 206 Å². The molecule has 6 aromatic carbocycles. The molecule has 22 atom stereocenters. The number of amides is 6. The highest BCUT2D eigenvalue weighted by Gasteiger charge is 2.64. The first-order chi connectivity index (χ1) is 52.1. The Balaban J connectivity index is 0.000000121. The Hall–Kier alpha value is -9.32. The predicted octanol–water partition coefficient (Wildman–Crippen LogP) is 17.2. The molecule has 0 spiro atoms. The van der Waals surface area contributed by atoms with Crippen LogP contribution in [0.3, 0.4) is 0 Å². The van der Waals surface area contributed by atoms with E-state index in [4.69, 9.17) is 18.9 Å². The number of anilines is 3. The van der Waals surface area contributed by atoms with Gasteiger partial charge in [0.2, 0.25) is 35.4 Å². The summed E-state index contributed by atoms with van der Waals surface area (Å²) < 4.78 is 26.8. The number of hydrogen-bond donors (Lipinski definition) is 0.